The SMILES string of the molecule is CNC(=O)c1ncn(-c2ccc(NC(=O)c3c(C)cc(F)cc3C)cc2)c1C(N)=O. The van der Waals surface area contributed by atoms with Crippen molar-refractivity contribution in [3.63, 3.8) is 0 Å². The van der Waals surface area contributed by atoms with E-state index in [-0.39, 0.29) is 17.3 Å². The lowest BCUT2D eigenvalue weighted by atomic mass is 10.0. The van der Waals surface area contributed by atoms with Gasteiger partial charge in [0.1, 0.15) is 17.8 Å². The maximum atomic E-state index is 13.5. The van der Waals surface area contributed by atoms with Gasteiger partial charge in [-0.2, -0.15) is 0 Å². The van der Waals surface area contributed by atoms with Crippen LogP contribution in [0.5, 0.6) is 0 Å². The summed E-state index contributed by atoms with van der Waals surface area (Å²) in [5.41, 5.74) is 7.79. The Hall–Kier alpha value is -4.01. The predicted molar refractivity (Wildman–Crippen MR) is 109 cm³/mol. The monoisotopic (exact) mass is 409 g/mol. The second-order valence-electron chi connectivity index (χ2n) is 6.67. The number of hydrogen-bond acceptors (Lipinski definition) is 4. The number of hydrogen-bond donors (Lipinski definition) is 3. The fourth-order valence-electron chi connectivity index (χ4n) is 3.23. The number of benzene rings is 2. The molecule has 0 radical (unpaired) electrons. The lowest BCUT2D eigenvalue weighted by Gasteiger charge is -2.12. The first kappa shape index (κ1) is 20.7. The van der Waals surface area contributed by atoms with E-state index in [2.05, 4.69) is 15.6 Å². The van der Waals surface area contributed by atoms with Crippen molar-refractivity contribution < 1.29 is 18.8 Å². The minimum absolute atomic E-state index is 0.0521. The van der Waals surface area contributed by atoms with Crippen LogP contribution in [0, 0.1) is 19.7 Å². The molecule has 3 aromatic rings. The van der Waals surface area contributed by atoms with Crippen LogP contribution in [0.15, 0.2) is 42.7 Å². The molecule has 1 aromatic heterocycles. The number of aryl methyl sites for hydroxylation is 2. The average Bonchev–Trinajstić information content (AvgIpc) is 3.12. The van der Waals surface area contributed by atoms with Crippen molar-refractivity contribution in [2.45, 2.75) is 13.8 Å². The van der Waals surface area contributed by atoms with Crippen LogP contribution in [-0.2, 0) is 0 Å². The van der Waals surface area contributed by atoms with E-state index in [1.54, 1.807) is 38.1 Å². The number of anilines is 1. The summed E-state index contributed by atoms with van der Waals surface area (Å²) in [7, 11) is 1.42. The summed E-state index contributed by atoms with van der Waals surface area (Å²) in [6.45, 7) is 3.34. The highest BCUT2D eigenvalue weighted by molar-refractivity contribution is 6.06. The Bertz CT molecular complexity index is 1130. The summed E-state index contributed by atoms with van der Waals surface area (Å²) >= 11 is 0. The fourth-order valence-corrected chi connectivity index (χ4v) is 3.23. The summed E-state index contributed by atoms with van der Waals surface area (Å²) in [5, 5.41) is 5.17. The van der Waals surface area contributed by atoms with Gasteiger partial charge in [0.2, 0.25) is 0 Å². The summed E-state index contributed by atoms with van der Waals surface area (Å²) in [6.07, 6.45) is 1.32. The molecule has 2 aromatic carbocycles. The van der Waals surface area contributed by atoms with Gasteiger partial charge in [0.05, 0.1) is 0 Å². The van der Waals surface area contributed by atoms with Crippen molar-refractivity contribution in [3.8, 4) is 5.69 Å². The van der Waals surface area contributed by atoms with E-state index in [0.29, 0.717) is 28.1 Å². The van der Waals surface area contributed by atoms with E-state index in [1.807, 2.05) is 0 Å². The van der Waals surface area contributed by atoms with Gasteiger partial charge in [-0.3, -0.25) is 19.0 Å². The molecule has 154 valence electrons. The van der Waals surface area contributed by atoms with Crippen LogP contribution >= 0.6 is 0 Å². The third-order valence-corrected chi connectivity index (χ3v) is 4.57. The van der Waals surface area contributed by atoms with Crippen molar-refractivity contribution in [2.24, 2.45) is 5.73 Å². The molecular weight excluding hydrogens is 389 g/mol. The Balaban J connectivity index is 1.88. The molecule has 9 heteroatoms. The predicted octanol–water partition coefficient (Wildman–Crippen LogP) is 2.34. The molecule has 0 bridgehead atoms. The summed E-state index contributed by atoms with van der Waals surface area (Å²) in [5.74, 6) is -2.09. The average molecular weight is 409 g/mol. The highest BCUT2D eigenvalue weighted by atomic mass is 19.1. The highest BCUT2D eigenvalue weighted by Gasteiger charge is 2.22. The van der Waals surface area contributed by atoms with Gasteiger partial charge in [-0.1, -0.05) is 0 Å². The second kappa shape index (κ2) is 8.16. The van der Waals surface area contributed by atoms with E-state index in [4.69, 9.17) is 5.73 Å². The first-order valence-corrected chi connectivity index (χ1v) is 9.00. The van der Waals surface area contributed by atoms with Gasteiger partial charge in [-0.25, -0.2) is 9.37 Å². The molecule has 1 heterocycles. The molecule has 0 aliphatic carbocycles. The minimum Gasteiger partial charge on any atom is -0.364 e. The molecule has 3 rings (SSSR count). The van der Waals surface area contributed by atoms with Gasteiger partial charge in [-0.05, 0) is 61.4 Å². The summed E-state index contributed by atoms with van der Waals surface area (Å²) in [6, 6.07) is 9.15. The maximum Gasteiger partial charge on any atom is 0.272 e. The van der Waals surface area contributed by atoms with E-state index in [9.17, 15) is 18.8 Å². The minimum atomic E-state index is -0.800. The van der Waals surface area contributed by atoms with E-state index in [1.165, 1.54) is 30.1 Å². The van der Waals surface area contributed by atoms with Crippen LogP contribution in [-0.4, -0.2) is 34.3 Å². The molecule has 0 spiro atoms. The first-order chi connectivity index (χ1) is 14.2. The molecule has 0 atom stereocenters. The molecule has 0 aliphatic heterocycles. The quantitative estimate of drug-likeness (QED) is 0.599. The largest absolute Gasteiger partial charge is 0.364 e. The van der Waals surface area contributed by atoms with E-state index in [0.717, 1.165) is 0 Å². The van der Waals surface area contributed by atoms with E-state index >= 15 is 0 Å². The van der Waals surface area contributed by atoms with Crippen molar-refractivity contribution >= 4 is 23.4 Å². The maximum absolute atomic E-state index is 13.5. The van der Waals surface area contributed by atoms with Crippen LogP contribution in [0.3, 0.4) is 0 Å². The lowest BCUT2D eigenvalue weighted by Crippen LogP contribution is -2.25. The van der Waals surface area contributed by atoms with Crippen LogP contribution in [0.2, 0.25) is 0 Å². The molecule has 8 nitrogen and oxygen atoms in total. The molecule has 0 saturated carbocycles. The molecule has 0 unspecified atom stereocenters. The molecule has 4 N–H and O–H groups in total. The van der Waals surface area contributed by atoms with Gasteiger partial charge in [0.25, 0.3) is 17.7 Å². The number of primary amides is 1. The molecule has 30 heavy (non-hydrogen) atoms. The second-order valence-corrected chi connectivity index (χ2v) is 6.67. The van der Waals surface area contributed by atoms with Gasteiger partial charge in [0, 0.05) is 24.0 Å². The Morgan fingerprint density at radius 2 is 1.63 bits per heavy atom. The zero-order valence-corrected chi connectivity index (χ0v) is 16.6. The molecular formula is C21H20FN5O3. The van der Waals surface area contributed by atoms with Gasteiger partial charge in [0.15, 0.2) is 5.69 Å². The van der Waals surface area contributed by atoms with Gasteiger partial charge < -0.3 is 16.4 Å². The number of aromatic nitrogens is 2. The number of halogens is 1. The molecule has 0 fully saturated rings. The number of amides is 3. The van der Waals surface area contributed by atoms with Crippen molar-refractivity contribution in [3.05, 3.63) is 76.6 Å². The Morgan fingerprint density at radius 3 is 2.17 bits per heavy atom. The zero-order chi connectivity index (χ0) is 22.0. The number of imidazole rings is 1. The van der Waals surface area contributed by atoms with Gasteiger partial charge in [-0.15, -0.1) is 0 Å². The first-order valence-electron chi connectivity index (χ1n) is 9.00. The number of nitrogens with one attached hydrogen (secondary N) is 2. The third kappa shape index (κ3) is 3.90. The smallest absolute Gasteiger partial charge is 0.272 e. The zero-order valence-electron chi connectivity index (χ0n) is 16.6. The number of carbonyl (C=O) groups excluding carboxylic acids is 3. The fraction of sp³-hybridized carbons (Fsp3) is 0.143. The highest BCUT2D eigenvalue weighted by Crippen LogP contribution is 2.20. The Kier molecular flexibility index (Phi) is 5.63. The number of nitrogens with zero attached hydrogens (tertiary/aromatic N) is 2. The van der Waals surface area contributed by atoms with Crippen LogP contribution in [0.25, 0.3) is 5.69 Å². The third-order valence-electron chi connectivity index (χ3n) is 4.57. The normalized spacial score (nSPS) is 10.5. The molecule has 0 aliphatic rings. The van der Waals surface area contributed by atoms with Gasteiger partial charge >= 0.3 is 0 Å². The molecule has 3 amide bonds. The van der Waals surface area contributed by atoms with Crippen LogP contribution in [0.4, 0.5) is 10.1 Å². The number of carbonyl (C=O) groups is 3. The Morgan fingerprint density at radius 1 is 1.03 bits per heavy atom. The standard InChI is InChI=1S/C21H20FN5O3/c1-11-8-13(22)9-12(2)16(11)20(29)26-14-4-6-15(7-5-14)27-10-25-17(21(30)24-3)18(27)19(23)28/h4-10H,1-3H3,(H2,23,28)(H,24,30)(H,26,29). The lowest BCUT2D eigenvalue weighted by molar-refractivity contribution is 0.0937. The van der Waals surface area contributed by atoms with Crippen LogP contribution < -0.4 is 16.4 Å². The summed E-state index contributed by atoms with van der Waals surface area (Å²) < 4.78 is 14.9. The van der Waals surface area contributed by atoms with Crippen molar-refractivity contribution in [2.75, 3.05) is 12.4 Å². The molecule has 0 saturated heterocycles. The summed E-state index contributed by atoms with van der Waals surface area (Å²) in [4.78, 5) is 40.3. The number of rotatable bonds is 5. The van der Waals surface area contributed by atoms with Crippen molar-refractivity contribution in [1.29, 1.82) is 0 Å². The van der Waals surface area contributed by atoms with Crippen LogP contribution in [0.1, 0.15) is 42.5 Å². The number of nitrogens with two attached hydrogens (primary N) is 1. The van der Waals surface area contributed by atoms with Crippen molar-refractivity contribution in [1.82, 2.24) is 14.9 Å². The Labute approximate surface area is 171 Å². The van der Waals surface area contributed by atoms with E-state index < -0.39 is 17.6 Å². The topological polar surface area (TPSA) is 119 Å².